The van der Waals surface area contributed by atoms with E-state index in [-0.39, 0.29) is 11.3 Å². The third-order valence-corrected chi connectivity index (χ3v) is 6.16. The van der Waals surface area contributed by atoms with Crippen LogP contribution in [0.3, 0.4) is 0 Å². The lowest BCUT2D eigenvalue weighted by atomic mass is 9.77. The molecule has 3 aliphatic heterocycles. The van der Waals surface area contributed by atoms with Crippen molar-refractivity contribution in [2.75, 3.05) is 13.1 Å². The van der Waals surface area contributed by atoms with Gasteiger partial charge in [0.2, 0.25) is 5.91 Å². The van der Waals surface area contributed by atoms with E-state index >= 15 is 0 Å². The Hall–Kier alpha value is -1.88. The summed E-state index contributed by atoms with van der Waals surface area (Å²) in [5.74, 6) is -2.82. The van der Waals surface area contributed by atoms with Gasteiger partial charge in [-0.3, -0.25) is 4.79 Å². The number of fused-ring (bicyclic) bond motifs is 1. The minimum atomic E-state index is -1.19. The first-order valence-corrected chi connectivity index (χ1v) is 10.2. The molecule has 2 saturated heterocycles. The second-order valence-corrected chi connectivity index (χ2v) is 9.65. The van der Waals surface area contributed by atoms with E-state index in [1.165, 1.54) is 11.1 Å². The van der Waals surface area contributed by atoms with Gasteiger partial charge < -0.3 is 19.5 Å². The number of carboxylic acids is 1. The fourth-order valence-electron chi connectivity index (χ4n) is 4.70. The summed E-state index contributed by atoms with van der Waals surface area (Å²) in [6.07, 6.45) is 10.6. The smallest absolute Gasteiger partial charge is 0.229 e. The van der Waals surface area contributed by atoms with Crippen molar-refractivity contribution in [3.63, 3.8) is 0 Å². The van der Waals surface area contributed by atoms with Crippen LogP contribution < -0.4 is 5.11 Å². The highest BCUT2D eigenvalue weighted by Gasteiger charge is 2.65. The number of hydrogen-bond acceptors (Lipinski definition) is 4. The van der Waals surface area contributed by atoms with Crippen LogP contribution in [0.15, 0.2) is 35.5 Å². The summed E-state index contributed by atoms with van der Waals surface area (Å²) in [7, 11) is 0. The Bertz CT molecular complexity index is 744. The lowest BCUT2D eigenvalue weighted by Crippen LogP contribution is -2.45. The van der Waals surface area contributed by atoms with E-state index in [4.69, 9.17) is 4.74 Å². The predicted octanol–water partition coefficient (Wildman–Crippen LogP) is 2.63. The van der Waals surface area contributed by atoms with Gasteiger partial charge in [-0.2, -0.15) is 0 Å². The van der Waals surface area contributed by atoms with Crippen LogP contribution in [-0.4, -0.2) is 41.6 Å². The van der Waals surface area contributed by atoms with Gasteiger partial charge in [0.05, 0.1) is 18.6 Å². The van der Waals surface area contributed by atoms with Gasteiger partial charge in [-0.25, -0.2) is 0 Å². The highest BCUT2D eigenvalue weighted by Crippen LogP contribution is 2.52. The second-order valence-electron chi connectivity index (χ2n) is 9.65. The Morgan fingerprint density at radius 3 is 2.71 bits per heavy atom. The molecule has 0 aromatic carbocycles. The maximum absolute atomic E-state index is 13.0. The monoisotopic (exact) mass is 386 g/mol. The van der Waals surface area contributed by atoms with E-state index in [1.54, 1.807) is 11.0 Å². The number of carboxylic acid groups (broad SMARTS) is 1. The predicted molar refractivity (Wildman–Crippen MR) is 106 cm³/mol. The van der Waals surface area contributed by atoms with Crippen molar-refractivity contribution in [1.82, 2.24) is 4.90 Å². The van der Waals surface area contributed by atoms with E-state index in [2.05, 4.69) is 46.8 Å². The molecule has 2 fully saturated rings. The summed E-state index contributed by atoms with van der Waals surface area (Å²) >= 11 is 0. The molecule has 1 amide bonds. The SMILES string of the molecule is CC(C)=CCC/C(C)=C\CC(C)(C)CN1C[C@]23C=C[C@H](O2)[C@@H](C(=O)[O-])[C@@H]3C1=O. The molecule has 5 nitrogen and oxygen atoms in total. The number of rotatable bonds is 8. The van der Waals surface area contributed by atoms with Crippen molar-refractivity contribution < 1.29 is 19.4 Å². The number of likely N-dealkylation sites (tertiary alicyclic amines) is 1. The van der Waals surface area contributed by atoms with Crippen molar-refractivity contribution in [3.8, 4) is 0 Å². The van der Waals surface area contributed by atoms with Crippen molar-refractivity contribution in [3.05, 3.63) is 35.5 Å². The van der Waals surface area contributed by atoms with Gasteiger partial charge in [-0.1, -0.05) is 49.3 Å². The number of carbonyl (C=O) groups excluding carboxylic acids is 2. The molecule has 3 rings (SSSR count). The summed E-state index contributed by atoms with van der Waals surface area (Å²) in [5, 5.41) is 11.6. The number of nitrogens with zero attached hydrogens (tertiary/aromatic N) is 1. The number of ether oxygens (including phenoxy) is 1. The van der Waals surface area contributed by atoms with Crippen molar-refractivity contribution >= 4 is 11.9 Å². The van der Waals surface area contributed by atoms with Crippen LogP contribution in [-0.2, 0) is 14.3 Å². The highest BCUT2D eigenvalue weighted by molar-refractivity contribution is 5.90. The van der Waals surface area contributed by atoms with E-state index in [9.17, 15) is 14.7 Å². The van der Waals surface area contributed by atoms with E-state index < -0.39 is 29.5 Å². The molecular weight excluding hydrogens is 354 g/mol. The summed E-state index contributed by atoms with van der Waals surface area (Å²) in [6.45, 7) is 11.7. The van der Waals surface area contributed by atoms with Gasteiger partial charge >= 0.3 is 0 Å². The van der Waals surface area contributed by atoms with Crippen LogP contribution in [0.4, 0.5) is 0 Å². The van der Waals surface area contributed by atoms with Crippen LogP contribution in [0, 0.1) is 17.3 Å². The standard InChI is InChI=1S/C23H33NO4/c1-15(2)7-6-8-16(3)9-11-22(4,5)13-24-14-23-12-10-17(28-23)18(21(26)27)19(23)20(24)25/h7,9-10,12,17-19H,6,8,11,13-14H2,1-5H3,(H,26,27)/p-1/b16-9-/t17-,18+,19+,23-/m0/s1. The normalized spacial score (nSPS) is 31.5. The summed E-state index contributed by atoms with van der Waals surface area (Å²) < 4.78 is 5.92. The molecule has 154 valence electrons. The lowest BCUT2D eigenvalue weighted by molar-refractivity contribution is -0.313. The van der Waals surface area contributed by atoms with Gasteiger partial charge in [0.1, 0.15) is 5.60 Å². The average molecular weight is 387 g/mol. The summed E-state index contributed by atoms with van der Waals surface area (Å²) in [4.78, 5) is 26.4. The molecule has 0 radical (unpaired) electrons. The lowest BCUT2D eigenvalue weighted by Gasteiger charge is -2.31. The molecule has 28 heavy (non-hydrogen) atoms. The number of aliphatic carboxylic acids is 1. The van der Waals surface area contributed by atoms with Gasteiger partial charge in [-0.05, 0) is 45.4 Å². The molecule has 0 unspecified atom stereocenters. The minimum Gasteiger partial charge on any atom is -0.550 e. The molecule has 0 aliphatic carbocycles. The second kappa shape index (κ2) is 7.51. The first-order valence-electron chi connectivity index (χ1n) is 10.2. The largest absolute Gasteiger partial charge is 0.550 e. The molecule has 0 N–H and O–H groups in total. The van der Waals surface area contributed by atoms with E-state index in [0.717, 1.165) is 19.3 Å². The summed E-state index contributed by atoms with van der Waals surface area (Å²) in [5.41, 5.74) is 1.82. The zero-order chi connectivity index (χ0) is 20.7. The molecule has 5 heteroatoms. The maximum Gasteiger partial charge on any atom is 0.229 e. The average Bonchev–Trinajstić information content (AvgIpc) is 3.21. The first kappa shape index (κ1) is 20.8. The zero-order valence-corrected chi connectivity index (χ0v) is 17.7. The molecule has 2 bridgehead atoms. The van der Waals surface area contributed by atoms with E-state index in [1.807, 2.05) is 6.08 Å². The fourth-order valence-corrected chi connectivity index (χ4v) is 4.70. The van der Waals surface area contributed by atoms with Crippen LogP contribution in [0.25, 0.3) is 0 Å². The van der Waals surface area contributed by atoms with Gasteiger partial charge in [0.15, 0.2) is 0 Å². The minimum absolute atomic E-state index is 0.0958. The molecule has 0 saturated carbocycles. The van der Waals surface area contributed by atoms with Crippen LogP contribution in [0.1, 0.15) is 53.9 Å². The first-order chi connectivity index (χ1) is 13.0. The maximum atomic E-state index is 13.0. The van der Waals surface area contributed by atoms with E-state index in [0.29, 0.717) is 13.1 Å². The molecule has 3 heterocycles. The molecule has 4 atom stereocenters. The van der Waals surface area contributed by atoms with Crippen molar-refractivity contribution in [2.45, 2.75) is 65.6 Å². The third-order valence-electron chi connectivity index (χ3n) is 6.16. The number of hydrogen-bond donors (Lipinski definition) is 0. The van der Waals surface area contributed by atoms with Crippen molar-refractivity contribution in [1.29, 1.82) is 0 Å². The van der Waals surface area contributed by atoms with Gasteiger partial charge in [0.25, 0.3) is 0 Å². The van der Waals surface area contributed by atoms with Gasteiger partial charge in [0, 0.05) is 18.4 Å². The Kier molecular flexibility index (Phi) is 5.59. The topological polar surface area (TPSA) is 69.7 Å². The Morgan fingerprint density at radius 1 is 1.36 bits per heavy atom. The van der Waals surface area contributed by atoms with Crippen LogP contribution in [0.5, 0.6) is 0 Å². The fraction of sp³-hybridized carbons (Fsp3) is 0.652. The molecule has 0 aromatic heterocycles. The van der Waals surface area contributed by atoms with Crippen molar-refractivity contribution in [2.24, 2.45) is 17.3 Å². The molecule has 1 spiro atoms. The number of amides is 1. The van der Waals surface area contributed by atoms with Crippen LogP contribution in [0.2, 0.25) is 0 Å². The molecule has 3 aliphatic rings. The Labute approximate surface area is 168 Å². The zero-order valence-electron chi connectivity index (χ0n) is 17.7. The number of carbonyl (C=O) groups is 2. The molecular formula is C23H32NO4-. The molecule has 0 aromatic rings. The number of allylic oxidation sites excluding steroid dienone is 4. The summed E-state index contributed by atoms with van der Waals surface area (Å²) in [6, 6.07) is 0. The van der Waals surface area contributed by atoms with Crippen LogP contribution >= 0.6 is 0 Å². The quantitative estimate of drug-likeness (QED) is 0.601. The van der Waals surface area contributed by atoms with Gasteiger partial charge in [-0.15, -0.1) is 0 Å². The highest BCUT2D eigenvalue weighted by atomic mass is 16.5. The Balaban J connectivity index is 1.62. The Morgan fingerprint density at radius 2 is 2.07 bits per heavy atom. The third kappa shape index (κ3) is 3.95.